The Morgan fingerprint density at radius 3 is 2.71 bits per heavy atom. The number of halogens is 2. The number of pyridine rings is 1. The van der Waals surface area contributed by atoms with Gasteiger partial charge in [-0.25, -0.2) is 4.98 Å². The van der Waals surface area contributed by atoms with E-state index in [-0.39, 0.29) is 5.91 Å². The second-order valence-electron chi connectivity index (χ2n) is 4.06. The Balaban J connectivity index is 2.30. The molecular formula is C14H10Br2N4O. The maximum absolute atomic E-state index is 12.4. The molecule has 1 heterocycles. The Hall–Kier alpha value is -1.91. The predicted molar refractivity (Wildman–Crippen MR) is 88.3 cm³/mol. The van der Waals surface area contributed by atoms with Crippen molar-refractivity contribution in [1.29, 1.82) is 5.26 Å². The van der Waals surface area contributed by atoms with Gasteiger partial charge in [0, 0.05) is 22.2 Å². The zero-order chi connectivity index (χ0) is 15.4. The molecule has 0 aliphatic carbocycles. The van der Waals surface area contributed by atoms with Gasteiger partial charge < -0.3 is 10.6 Å². The molecule has 5 nitrogen and oxygen atoms in total. The summed E-state index contributed by atoms with van der Waals surface area (Å²) in [5.74, 6) is 0.194. The molecule has 0 bridgehead atoms. The van der Waals surface area contributed by atoms with Crippen molar-refractivity contribution in [1.82, 2.24) is 4.98 Å². The fraction of sp³-hybridized carbons (Fsp3) is 0.0714. The van der Waals surface area contributed by atoms with E-state index in [4.69, 9.17) is 5.26 Å². The first-order valence-corrected chi connectivity index (χ1v) is 7.48. The molecule has 0 aliphatic rings. The van der Waals surface area contributed by atoms with E-state index in [9.17, 15) is 4.79 Å². The number of nitriles is 1. The molecular weight excluding hydrogens is 400 g/mol. The van der Waals surface area contributed by atoms with Gasteiger partial charge >= 0.3 is 0 Å². The highest BCUT2D eigenvalue weighted by atomic mass is 79.9. The number of carbonyl (C=O) groups is 1. The molecule has 0 radical (unpaired) electrons. The van der Waals surface area contributed by atoms with Crippen molar-refractivity contribution in [2.45, 2.75) is 0 Å². The number of rotatable bonds is 3. The van der Waals surface area contributed by atoms with Gasteiger partial charge in [0.1, 0.15) is 5.82 Å². The maximum atomic E-state index is 12.4. The maximum Gasteiger partial charge on any atom is 0.259 e. The third kappa shape index (κ3) is 3.60. The van der Waals surface area contributed by atoms with Gasteiger partial charge in [-0.15, -0.1) is 0 Å². The van der Waals surface area contributed by atoms with Gasteiger partial charge in [0.25, 0.3) is 5.91 Å². The van der Waals surface area contributed by atoms with Gasteiger partial charge in [0.05, 0.1) is 22.9 Å². The first-order valence-electron chi connectivity index (χ1n) is 5.89. The molecule has 21 heavy (non-hydrogen) atoms. The van der Waals surface area contributed by atoms with Crippen LogP contribution in [0, 0.1) is 11.3 Å². The van der Waals surface area contributed by atoms with Crippen molar-refractivity contribution in [3.8, 4) is 6.07 Å². The standard InChI is InChI=1S/C14H10Br2N4O/c1-18-13-10(5-9(15)7-19-13)14(21)20-12-3-2-8(6-17)4-11(12)16/h2-5,7H,1H3,(H,18,19)(H,20,21). The number of carbonyl (C=O) groups excluding carboxylic acids is 1. The van der Waals surface area contributed by atoms with E-state index in [1.165, 1.54) is 0 Å². The van der Waals surface area contributed by atoms with Crippen molar-refractivity contribution in [3.05, 3.63) is 50.5 Å². The molecule has 0 saturated carbocycles. The van der Waals surface area contributed by atoms with Crippen LogP contribution in [0.3, 0.4) is 0 Å². The van der Waals surface area contributed by atoms with Crippen LogP contribution in [-0.4, -0.2) is 17.9 Å². The van der Waals surface area contributed by atoms with Gasteiger partial charge in [0.2, 0.25) is 0 Å². The Kier molecular flexibility index (Phi) is 4.94. The first kappa shape index (κ1) is 15.5. The smallest absolute Gasteiger partial charge is 0.259 e. The molecule has 1 amide bonds. The number of nitrogens with zero attached hydrogens (tertiary/aromatic N) is 2. The molecule has 0 fully saturated rings. The van der Waals surface area contributed by atoms with Crippen molar-refractivity contribution >= 4 is 49.3 Å². The number of hydrogen-bond acceptors (Lipinski definition) is 4. The van der Waals surface area contributed by atoms with Crippen molar-refractivity contribution in [2.75, 3.05) is 17.7 Å². The molecule has 1 aromatic carbocycles. The van der Waals surface area contributed by atoms with E-state index in [2.05, 4.69) is 47.5 Å². The molecule has 0 saturated heterocycles. The lowest BCUT2D eigenvalue weighted by molar-refractivity contribution is 0.102. The summed E-state index contributed by atoms with van der Waals surface area (Å²) in [4.78, 5) is 16.5. The topological polar surface area (TPSA) is 77.8 Å². The lowest BCUT2D eigenvalue weighted by atomic mass is 10.2. The van der Waals surface area contributed by atoms with Crippen molar-refractivity contribution < 1.29 is 4.79 Å². The summed E-state index contributed by atoms with van der Waals surface area (Å²) in [6.45, 7) is 0. The van der Waals surface area contributed by atoms with E-state index in [0.717, 1.165) is 0 Å². The molecule has 1 aromatic heterocycles. The lowest BCUT2D eigenvalue weighted by Crippen LogP contribution is -2.15. The molecule has 0 aliphatic heterocycles. The highest BCUT2D eigenvalue weighted by Crippen LogP contribution is 2.25. The van der Waals surface area contributed by atoms with Crippen LogP contribution >= 0.6 is 31.9 Å². The van der Waals surface area contributed by atoms with Crippen LogP contribution in [0.15, 0.2) is 39.4 Å². The number of nitrogens with one attached hydrogen (secondary N) is 2. The minimum absolute atomic E-state index is 0.293. The molecule has 7 heteroatoms. The summed E-state index contributed by atoms with van der Waals surface area (Å²) in [6, 6.07) is 8.68. The number of hydrogen-bond donors (Lipinski definition) is 2. The molecule has 2 aromatic rings. The number of aromatic nitrogens is 1. The molecule has 0 atom stereocenters. The fourth-order valence-corrected chi connectivity index (χ4v) is 2.50. The van der Waals surface area contributed by atoms with Gasteiger partial charge in [-0.2, -0.15) is 5.26 Å². The van der Waals surface area contributed by atoms with Crippen LogP contribution in [0.1, 0.15) is 15.9 Å². The first-order chi connectivity index (χ1) is 10.0. The zero-order valence-electron chi connectivity index (χ0n) is 10.9. The van der Waals surface area contributed by atoms with Gasteiger partial charge in [-0.05, 0) is 56.1 Å². The van der Waals surface area contributed by atoms with E-state index >= 15 is 0 Å². The quantitative estimate of drug-likeness (QED) is 0.808. The second-order valence-corrected chi connectivity index (χ2v) is 5.83. The third-order valence-corrected chi connectivity index (χ3v) is 3.77. The summed E-state index contributed by atoms with van der Waals surface area (Å²) in [7, 11) is 1.70. The minimum atomic E-state index is -0.293. The summed E-state index contributed by atoms with van der Waals surface area (Å²) in [5, 5.41) is 14.5. The Bertz CT molecular complexity index is 740. The summed E-state index contributed by atoms with van der Waals surface area (Å²) >= 11 is 6.63. The Morgan fingerprint density at radius 1 is 1.33 bits per heavy atom. The minimum Gasteiger partial charge on any atom is -0.372 e. The highest BCUT2D eigenvalue weighted by molar-refractivity contribution is 9.10. The predicted octanol–water partition coefficient (Wildman–Crippen LogP) is 3.77. The molecule has 0 unspecified atom stereocenters. The van der Waals surface area contributed by atoms with Crippen molar-refractivity contribution in [2.24, 2.45) is 0 Å². The van der Waals surface area contributed by atoms with Crippen LogP contribution < -0.4 is 10.6 Å². The average molecular weight is 410 g/mol. The van der Waals surface area contributed by atoms with Crippen LogP contribution in [0.4, 0.5) is 11.5 Å². The van der Waals surface area contributed by atoms with E-state index in [1.54, 1.807) is 37.5 Å². The summed E-state index contributed by atoms with van der Waals surface area (Å²) < 4.78 is 1.36. The van der Waals surface area contributed by atoms with Gasteiger partial charge in [0.15, 0.2) is 0 Å². The van der Waals surface area contributed by atoms with Crippen LogP contribution in [0.2, 0.25) is 0 Å². The van der Waals surface area contributed by atoms with Crippen molar-refractivity contribution in [3.63, 3.8) is 0 Å². The Labute approximate surface area is 138 Å². The van der Waals surface area contributed by atoms with Gasteiger partial charge in [-0.1, -0.05) is 0 Å². The monoisotopic (exact) mass is 408 g/mol. The van der Waals surface area contributed by atoms with Crippen LogP contribution in [-0.2, 0) is 0 Å². The number of anilines is 2. The number of amides is 1. The SMILES string of the molecule is CNc1ncc(Br)cc1C(=O)Nc1ccc(C#N)cc1Br. The molecule has 2 N–H and O–H groups in total. The highest BCUT2D eigenvalue weighted by Gasteiger charge is 2.14. The lowest BCUT2D eigenvalue weighted by Gasteiger charge is -2.10. The van der Waals surface area contributed by atoms with Gasteiger partial charge in [-0.3, -0.25) is 4.79 Å². The Morgan fingerprint density at radius 2 is 2.10 bits per heavy atom. The largest absolute Gasteiger partial charge is 0.372 e. The molecule has 106 valence electrons. The van der Waals surface area contributed by atoms with Crippen LogP contribution in [0.5, 0.6) is 0 Å². The third-order valence-electron chi connectivity index (χ3n) is 2.68. The fourth-order valence-electron chi connectivity index (χ4n) is 1.69. The van der Waals surface area contributed by atoms with E-state index in [0.29, 0.717) is 31.6 Å². The summed E-state index contributed by atoms with van der Waals surface area (Å²) in [5.41, 5.74) is 1.52. The van der Waals surface area contributed by atoms with E-state index < -0.39 is 0 Å². The second kappa shape index (κ2) is 6.70. The normalized spacial score (nSPS) is 9.81. The summed E-state index contributed by atoms with van der Waals surface area (Å²) in [6.07, 6.45) is 1.61. The van der Waals surface area contributed by atoms with E-state index in [1.807, 2.05) is 6.07 Å². The average Bonchev–Trinajstić information content (AvgIpc) is 2.49. The molecule has 2 rings (SSSR count). The zero-order valence-corrected chi connectivity index (χ0v) is 14.1. The number of benzene rings is 1. The molecule has 0 spiro atoms. The van der Waals surface area contributed by atoms with Crippen LogP contribution in [0.25, 0.3) is 0 Å².